The van der Waals surface area contributed by atoms with E-state index in [0.717, 1.165) is 41.3 Å². The number of amidine groups is 1. The molecule has 22 heavy (non-hydrogen) atoms. The van der Waals surface area contributed by atoms with Crippen LogP contribution in [0.1, 0.15) is 17.0 Å². The van der Waals surface area contributed by atoms with E-state index in [2.05, 4.69) is 56.7 Å². The van der Waals surface area contributed by atoms with Crippen LogP contribution in [0.5, 0.6) is 0 Å². The monoisotopic (exact) mass is 289 g/mol. The van der Waals surface area contributed by atoms with Crippen molar-refractivity contribution < 1.29 is 4.99 Å². The lowest BCUT2D eigenvalue weighted by molar-refractivity contribution is -0.444. The number of hydrogen-bond acceptors (Lipinski definition) is 2. The Morgan fingerprint density at radius 2 is 1.95 bits per heavy atom. The van der Waals surface area contributed by atoms with Gasteiger partial charge in [-0.2, -0.15) is 0 Å². The Kier molecular flexibility index (Phi) is 3.20. The minimum atomic E-state index is 0.869. The Labute approximate surface area is 128 Å². The van der Waals surface area contributed by atoms with Gasteiger partial charge < -0.3 is 4.98 Å². The van der Waals surface area contributed by atoms with Crippen LogP contribution in [0, 0.1) is 0 Å². The van der Waals surface area contributed by atoms with Crippen molar-refractivity contribution in [2.24, 2.45) is 0 Å². The summed E-state index contributed by atoms with van der Waals surface area (Å²) >= 11 is 0. The predicted molar refractivity (Wildman–Crippen MR) is 89.4 cm³/mol. The topological polar surface area (TPSA) is 54.7 Å². The van der Waals surface area contributed by atoms with Crippen LogP contribution in [0.4, 0.5) is 0 Å². The quantitative estimate of drug-likeness (QED) is 0.678. The molecule has 0 saturated heterocycles. The highest BCUT2D eigenvalue weighted by molar-refractivity contribution is 5.98. The van der Waals surface area contributed by atoms with Crippen LogP contribution < -0.4 is 10.3 Å². The number of fused-ring (bicyclic) bond motifs is 1. The van der Waals surface area contributed by atoms with Crippen molar-refractivity contribution in [3.8, 4) is 0 Å². The van der Waals surface area contributed by atoms with Crippen LogP contribution in [0.15, 0.2) is 48.5 Å². The van der Waals surface area contributed by atoms with Gasteiger partial charge in [-0.15, -0.1) is 0 Å². The molecular formula is C18H17N4+. The Morgan fingerprint density at radius 1 is 1.05 bits per heavy atom. The third-order valence-corrected chi connectivity index (χ3v) is 3.75. The molecule has 4 nitrogen and oxygen atoms in total. The van der Waals surface area contributed by atoms with Crippen molar-refractivity contribution in [1.29, 1.82) is 0 Å². The van der Waals surface area contributed by atoms with Gasteiger partial charge in [0.05, 0.1) is 16.6 Å². The molecule has 0 atom stereocenters. The number of H-pyrrole nitrogens is 1. The highest BCUT2D eigenvalue weighted by Gasteiger charge is 2.15. The molecule has 0 spiro atoms. The molecule has 1 aliphatic heterocycles. The largest absolute Gasteiger partial charge is 0.338 e. The van der Waals surface area contributed by atoms with Crippen molar-refractivity contribution in [2.75, 3.05) is 13.1 Å². The smallest absolute Gasteiger partial charge is 0.275 e. The molecule has 0 unspecified atom stereocenters. The van der Waals surface area contributed by atoms with E-state index in [1.54, 1.807) is 0 Å². The minimum absolute atomic E-state index is 0.869. The van der Waals surface area contributed by atoms with E-state index in [1.807, 2.05) is 24.3 Å². The van der Waals surface area contributed by atoms with Crippen LogP contribution in [0.3, 0.4) is 0 Å². The molecule has 0 radical (unpaired) electrons. The van der Waals surface area contributed by atoms with Crippen LogP contribution in [-0.4, -0.2) is 28.9 Å². The zero-order valence-electron chi connectivity index (χ0n) is 12.1. The van der Waals surface area contributed by atoms with E-state index in [4.69, 9.17) is 0 Å². The SMILES string of the molecule is C(=C\c1nc2ccc(C3=[NH+]CCN3)cc2[nH]1)/c1ccccc1. The van der Waals surface area contributed by atoms with Gasteiger partial charge in [0, 0.05) is 0 Å². The molecular weight excluding hydrogens is 272 g/mol. The zero-order valence-corrected chi connectivity index (χ0v) is 12.1. The van der Waals surface area contributed by atoms with E-state index in [-0.39, 0.29) is 0 Å². The summed E-state index contributed by atoms with van der Waals surface area (Å²) < 4.78 is 0. The van der Waals surface area contributed by atoms with E-state index < -0.39 is 0 Å². The minimum Gasteiger partial charge on any atom is -0.338 e. The van der Waals surface area contributed by atoms with Crippen molar-refractivity contribution >= 4 is 29.0 Å². The number of nitrogens with zero attached hydrogens (tertiary/aromatic N) is 1. The second-order valence-electron chi connectivity index (χ2n) is 5.33. The molecule has 4 rings (SSSR count). The van der Waals surface area contributed by atoms with Crippen LogP contribution in [-0.2, 0) is 0 Å². The molecule has 4 heteroatoms. The maximum Gasteiger partial charge on any atom is 0.275 e. The summed E-state index contributed by atoms with van der Waals surface area (Å²) in [6.45, 7) is 1.95. The van der Waals surface area contributed by atoms with E-state index in [0.29, 0.717) is 0 Å². The number of aromatic amines is 1. The number of rotatable bonds is 3. The normalized spacial score (nSPS) is 14.5. The average molecular weight is 289 g/mol. The summed E-state index contributed by atoms with van der Waals surface area (Å²) in [5, 5.41) is 3.35. The first-order chi connectivity index (χ1) is 10.9. The Hall–Kier alpha value is -2.88. The first kappa shape index (κ1) is 12.8. The Bertz CT molecular complexity index is 859. The van der Waals surface area contributed by atoms with Gasteiger partial charge in [0.25, 0.3) is 5.84 Å². The lowest BCUT2D eigenvalue weighted by Crippen LogP contribution is -2.70. The number of hydrogen-bond donors (Lipinski definition) is 3. The highest BCUT2D eigenvalue weighted by Crippen LogP contribution is 2.15. The molecule has 1 aliphatic rings. The molecule has 3 aromatic rings. The van der Waals surface area contributed by atoms with Crippen molar-refractivity contribution in [1.82, 2.24) is 15.3 Å². The van der Waals surface area contributed by atoms with Gasteiger partial charge in [-0.25, -0.2) is 4.98 Å². The van der Waals surface area contributed by atoms with Gasteiger partial charge in [-0.1, -0.05) is 36.4 Å². The van der Waals surface area contributed by atoms with Gasteiger partial charge in [-0.3, -0.25) is 10.3 Å². The Morgan fingerprint density at radius 3 is 2.77 bits per heavy atom. The fraction of sp³-hybridized carbons (Fsp3) is 0.111. The maximum atomic E-state index is 4.60. The number of aromatic nitrogens is 2. The molecule has 0 fully saturated rings. The summed E-state index contributed by atoms with van der Waals surface area (Å²) in [7, 11) is 0. The maximum absolute atomic E-state index is 4.60. The first-order valence-corrected chi connectivity index (χ1v) is 7.46. The number of imidazole rings is 1. The average Bonchev–Trinajstić information content (AvgIpc) is 3.22. The molecule has 1 aromatic heterocycles. The summed E-state index contributed by atoms with van der Waals surface area (Å²) in [4.78, 5) is 11.3. The predicted octanol–water partition coefficient (Wildman–Crippen LogP) is 1.16. The molecule has 0 amide bonds. The summed E-state index contributed by atoms with van der Waals surface area (Å²) in [6, 6.07) is 16.5. The fourth-order valence-electron chi connectivity index (χ4n) is 2.64. The van der Waals surface area contributed by atoms with Gasteiger partial charge >= 0.3 is 0 Å². The summed E-state index contributed by atoms with van der Waals surface area (Å²) in [5.74, 6) is 1.96. The van der Waals surface area contributed by atoms with Gasteiger partial charge in [-0.05, 0) is 29.8 Å². The lowest BCUT2D eigenvalue weighted by Gasteiger charge is -1.95. The second-order valence-corrected chi connectivity index (χ2v) is 5.33. The van der Waals surface area contributed by atoms with Crippen LogP contribution in [0.2, 0.25) is 0 Å². The Balaban J connectivity index is 1.64. The molecule has 0 aliphatic carbocycles. The molecule has 108 valence electrons. The van der Waals surface area contributed by atoms with Crippen molar-refractivity contribution in [3.05, 3.63) is 65.5 Å². The van der Waals surface area contributed by atoms with E-state index in [1.165, 1.54) is 5.56 Å². The standard InChI is InChI=1S/C18H16N4/c1-2-4-13(5-3-1)6-9-17-21-15-8-7-14(12-16(15)22-17)18-19-10-11-20-18/h1-9,12H,10-11H2,(H,19,20)(H,21,22)/p+1/b9-6+. The van der Waals surface area contributed by atoms with Gasteiger partial charge in [0.15, 0.2) is 0 Å². The molecule has 2 aromatic carbocycles. The van der Waals surface area contributed by atoms with Crippen LogP contribution >= 0.6 is 0 Å². The molecule has 2 heterocycles. The zero-order chi connectivity index (χ0) is 14.8. The number of nitrogens with one attached hydrogen (secondary N) is 3. The lowest BCUT2D eigenvalue weighted by atomic mass is 10.2. The summed E-state index contributed by atoms with van der Waals surface area (Å²) in [5.41, 5.74) is 4.36. The third-order valence-electron chi connectivity index (χ3n) is 3.75. The van der Waals surface area contributed by atoms with Gasteiger partial charge in [0.1, 0.15) is 18.9 Å². The van der Waals surface area contributed by atoms with Crippen molar-refractivity contribution in [2.45, 2.75) is 0 Å². The first-order valence-electron chi connectivity index (χ1n) is 7.46. The molecule has 3 N–H and O–H groups in total. The third kappa shape index (κ3) is 2.51. The second kappa shape index (κ2) is 5.48. The molecule has 0 bridgehead atoms. The number of benzene rings is 2. The summed E-state index contributed by atoms with van der Waals surface area (Å²) in [6.07, 6.45) is 4.07. The van der Waals surface area contributed by atoms with Crippen molar-refractivity contribution in [3.63, 3.8) is 0 Å². The van der Waals surface area contributed by atoms with E-state index >= 15 is 0 Å². The molecule has 0 saturated carbocycles. The van der Waals surface area contributed by atoms with Gasteiger partial charge in [0.2, 0.25) is 0 Å². The fourth-order valence-corrected chi connectivity index (χ4v) is 2.64. The highest BCUT2D eigenvalue weighted by atomic mass is 15.1. The van der Waals surface area contributed by atoms with E-state index in [9.17, 15) is 0 Å². The van der Waals surface area contributed by atoms with Crippen LogP contribution in [0.25, 0.3) is 23.2 Å².